The number of hydrogen-bond donors (Lipinski definition) is 2. The van der Waals surface area contributed by atoms with E-state index in [4.69, 9.17) is 11.1 Å². The van der Waals surface area contributed by atoms with E-state index < -0.39 is 0 Å². The molecule has 0 bridgehead atoms. The third-order valence-electron chi connectivity index (χ3n) is 7.39. The minimum absolute atomic E-state index is 0.133. The molecule has 5 aromatic carbocycles. The summed E-state index contributed by atoms with van der Waals surface area (Å²) in [6.07, 6.45) is 3.79. The van der Waals surface area contributed by atoms with E-state index in [1.54, 1.807) is 0 Å². The lowest BCUT2D eigenvalue weighted by Gasteiger charge is -2.16. The van der Waals surface area contributed by atoms with Gasteiger partial charge in [0.15, 0.2) is 5.84 Å². The molecule has 0 aliphatic rings. The van der Waals surface area contributed by atoms with Crippen LogP contribution in [0.25, 0.3) is 49.4 Å². The van der Waals surface area contributed by atoms with Crippen molar-refractivity contribution in [2.24, 2.45) is 10.7 Å². The number of hydrogen-bond acceptors (Lipinski definition) is 2. The Morgan fingerprint density at radius 2 is 1.30 bits per heavy atom. The minimum atomic E-state index is 0.133. The van der Waals surface area contributed by atoms with E-state index in [1.165, 1.54) is 5.39 Å². The Balaban J connectivity index is 1.43. The van der Waals surface area contributed by atoms with Crippen molar-refractivity contribution in [2.45, 2.75) is 0 Å². The number of rotatable bonds is 4. The third-order valence-corrected chi connectivity index (χ3v) is 7.39. The fourth-order valence-electron chi connectivity index (χ4n) is 5.57. The highest BCUT2D eigenvalue weighted by Crippen LogP contribution is 2.38. The molecule has 3 N–H and O–H groups in total. The Labute approximate surface area is 231 Å². The molecule has 190 valence electrons. The molecule has 2 heterocycles. The molecule has 0 atom stereocenters. The first-order valence-electron chi connectivity index (χ1n) is 13.1. The second-order valence-electron chi connectivity index (χ2n) is 9.68. The number of nitrogens with one attached hydrogen (secondary N) is 1. The van der Waals surface area contributed by atoms with Gasteiger partial charge in [0.05, 0.1) is 16.7 Å². The van der Waals surface area contributed by atoms with Crippen LogP contribution in [0.15, 0.2) is 139 Å². The summed E-state index contributed by atoms with van der Waals surface area (Å²) < 4.78 is 2.32. The monoisotopic (exact) mass is 515 g/mol. The minimum Gasteiger partial charge on any atom is -0.383 e. The van der Waals surface area contributed by atoms with Crippen molar-refractivity contribution in [3.05, 3.63) is 145 Å². The zero-order valence-electron chi connectivity index (χ0n) is 21.6. The fourth-order valence-corrected chi connectivity index (χ4v) is 5.57. The first kappa shape index (κ1) is 23.6. The van der Waals surface area contributed by atoms with Crippen LogP contribution in [0.2, 0.25) is 0 Å². The molecule has 5 nitrogen and oxygen atoms in total. The second kappa shape index (κ2) is 9.64. The van der Waals surface area contributed by atoms with Crippen LogP contribution in [0.1, 0.15) is 11.1 Å². The van der Waals surface area contributed by atoms with Gasteiger partial charge in [0.25, 0.3) is 0 Å². The van der Waals surface area contributed by atoms with Crippen LogP contribution in [-0.2, 0) is 0 Å². The number of amidine groups is 2. The van der Waals surface area contributed by atoms with Crippen molar-refractivity contribution in [2.75, 3.05) is 0 Å². The summed E-state index contributed by atoms with van der Waals surface area (Å²) in [5.41, 5.74) is 13.4. The maximum Gasteiger partial charge on any atom is 0.154 e. The zero-order valence-corrected chi connectivity index (χ0v) is 21.6. The van der Waals surface area contributed by atoms with E-state index in [0.717, 1.165) is 55.1 Å². The van der Waals surface area contributed by atoms with Crippen LogP contribution in [0.4, 0.5) is 0 Å². The zero-order chi connectivity index (χ0) is 27.1. The molecule has 0 saturated heterocycles. The highest BCUT2D eigenvalue weighted by atomic mass is 15.0. The van der Waals surface area contributed by atoms with Gasteiger partial charge in [-0.1, -0.05) is 103 Å². The van der Waals surface area contributed by atoms with Crippen molar-refractivity contribution in [1.29, 1.82) is 5.41 Å². The molecule has 0 unspecified atom stereocenters. The average molecular weight is 516 g/mol. The van der Waals surface area contributed by atoms with E-state index in [-0.39, 0.29) is 5.84 Å². The number of nitrogens with zero attached hydrogens (tertiary/aromatic N) is 3. The van der Waals surface area contributed by atoms with Crippen LogP contribution >= 0.6 is 0 Å². The van der Waals surface area contributed by atoms with E-state index in [2.05, 4.69) is 87.3 Å². The quantitative estimate of drug-likeness (QED) is 0.186. The molecular weight excluding hydrogens is 490 g/mol. The molecule has 0 amide bonds. The van der Waals surface area contributed by atoms with Gasteiger partial charge in [-0.2, -0.15) is 0 Å². The molecule has 0 spiro atoms. The number of fused-ring (bicyclic) bond motifs is 4. The molecular formula is C35H25N5. The smallest absolute Gasteiger partial charge is 0.154 e. The van der Waals surface area contributed by atoms with Crippen molar-refractivity contribution >= 4 is 44.2 Å². The van der Waals surface area contributed by atoms with Crippen LogP contribution in [0.5, 0.6) is 0 Å². The van der Waals surface area contributed by atoms with Crippen LogP contribution in [-0.4, -0.2) is 21.2 Å². The largest absolute Gasteiger partial charge is 0.383 e. The highest BCUT2D eigenvalue weighted by Gasteiger charge is 2.17. The molecule has 7 aromatic rings. The van der Waals surface area contributed by atoms with Gasteiger partial charge in [-0.05, 0) is 34.7 Å². The van der Waals surface area contributed by atoms with Crippen molar-refractivity contribution in [3.8, 4) is 16.8 Å². The van der Waals surface area contributed by atoms with Gasteiger partial charge in [0.2, 0.25) is 0 Å². The fraction of sp³-hybridized carbons (Fsp3) is 0. The Bertz CT molecular complexity index is 2030. The van der Waals surface area contributed by atoms with Gasteiger partial charge in [-0.3, -0.25) is 10.4 Å². The summed E-state index contributed by atoms with van der Waals surface area (Å²) in [6, 6.07) is 40.8. The number of aromatic nitrogens is 2. The summed E-state index contributed by atoms with van der Waals surface area (Å²) in [5.74, 6) is 0.446. The number of nitrogens with two attached hydrogens (primary N) is 1. The maximum atomic E-state index is 8.48. The normalized spacial score (nSPS) is 11.8. The maximum absolute atomic E-state index is 8.48. The van der Waals surface area contributed by atoms with Crippen LogP contribution in [0.3, 0.4) is 0 Å². The standard InChI is InChI=1S/C35H25N5/c36-34(23-10-2-1-3-11-23)39-35(37)29-16-7-5-13-25(29)26-18-19-32(27-14-6-4-12-24(26)27)40-31-17-9-8-15-28(31)30-22-38-21-20-33(30)40/h1-22H,(H3,36,37,39). The molecule has 0 radical (unpaired) electrons. The summed E-state index contributed by atoms with van der Waals surface area (Å²) >= 11 is 0. The third kappa shape index (κ3) is 3.84. The Morgan fingerprint density at radius 1 is 0.625 bits per heavy atom. The predicted molar refractivity (Wildman–Crippen MR) is 166 cm³/mol. The molecule has 7 rings (SSSR count). The molecule has 5 heteroatoms. The summed E-state index contributed by atoms with van der Waals surface area (Å²) in [5, 5.41) is 13.0. The van der Waals surface area contributed by atoms with Gasteiger partial charge >= 0.3 is 0 Å². The number of aliphatic imine (C=N–C) groups is 1. The van der Waals surface area contributed by atoms with E-state index in [1.807, 2.05) is 60.9 Å². The van der Waals surface area contributed by atoms with Crippen molar-refractivity contribution < 1.29 is 0 Å². The first-order valence-corrected chi connectivity index (χ1v) is 13.1. The summed E-state index contributed by atoms with van der Waals surface area (Å²) in [6.45, 7) is 0. The van der Waals surface area contributed by atoms with E-state index in [0.29, 0.717) is 5.84 Å². The molecule has 0 aliphatic carbocycles. The molecule has 0 aliphatic heterocycles. The molecule has 0 saturated carbocycles. The van der Waals surface area contributed by atoms with E-state index in [9.17, 15) is 0 Å². The van der Waals surface area contributed by atoms with Gasteiger partial charge in [0.1, 0.15) is 5.84 Å². The van der Waals surface area contributed by atoms with Gasteiger partial charge < -0.3 is 10.3 Å². The van der Waals surface area contributed by atoms with E-state index >= 15 is 0 Å². The van der Waals surface area contributed by atoms with Gasteiger partial charge in [-0.25, -0.2) is 4.99 Å². The van der Waals surface area contributed by atoms with Gasteiger partial charge in [-0.15, -0.1) is 0 Å². The van der Waals surface area contributed by atoms with Gasteiger partial charge in [0, 0.05) is 39.7 Å². The number of pyridine rings is 1. The predicted octanol–water partition coefficient (Wildman–Crippen LogP) is 7.73. The first-order chi connectivity index (χ1) is 19.7. The lowest BCUT2D eigenvalue weighted by Crippen LogP contribution is -2.17. The topological polar surface area (TPSA) is 80.0 Å². The van der Waals surface area contributed by atoms with Crippen molar-refractivity contribution in [3.63, 3.8) is 0 Å². The van der Waals surface area contributed by atoms with Crippen molar-refractivity contribution in [1.82, 2.24) is 9.55 Å². The Kier molecular flexibility index (Phi) is 5.68. The average Bonchev–Trinajstić information content (AvgIpc) is 3.35. The Hall–Kier alpha value is -5.55. The Morgan fingerprint density at radius 3 is 2.15 bits per heavy atom. The van der Waals surface area contributed by atoms with Crippen LogP contribution in [0, 0.1) is 5.41 Å². The highest BCUT2D eigenvalue weighted by molar-refractivity contribution is 6.15. The lowest BCUT2D eigenvalue weighted by molar-refractivity contribution is 1.19. The SMILES string of the molecule is N=C(N=C(N)c1ccccc1-c1ccc(-n2c3ccccc3c3cnccc32)c2ccccc12)c1ccccc1. The summed E-state index contributed by atoms with van der Waals surface area (Å²) in [4.78, 5) is 8.88. The van der Waals surface area contributed by atoms with Crippen LogP contribution < -0.4 is 5.73 Å². The molecule has 2 aromatic heterocycles. The lowest BCUT2D eigenvalue weighted by atomic mass is 9.93. The second-order valence-corrected chi connectivity index (χ2v) is 9.68. The summed E-state index contributed by atoms with van der Waals surface area (Å²) in [7, 11) is 0. The number of para-hydroxylation sites is 1. The molecule has 0 fully saturated rings. The molecule has 40 heavy (non-hydrogen) atoms. The number of benzene rings is 5.